The standard InChI is InChI=1S/C13H21BN2OS/c1-4-5-11(14)7-6-10(2)18-8-13(3)12(17)15-9-16-13/h5-7,16H,2,4,8-9,14H2,1,3H3,(H,15,17)/b7-6-,11-5+. The number of allylic oxidation sites excluding steroid dienone is 4. The Labute approximate surface area is 115 Å². The lowest BCUT2D eigenvalue weighted by molar-refractivity contribution is -0.122. The minimum Gasteiger partial charge on any atom is -0.342 e. The van der Waals surface area contributed by atoms with Crippen LogP contribution in [0.25, 0.3) is 0 Å². The van der Waals surface area contributed by atoms with Gasteiger partial charge in [0.2, 0.25) is 5.91 Å². The number of nitrogens with one attached hydrogen (secondary N) is 2. The number of hydrogen-bond donors (Lipinski definition) is 2. The molecule has 0 spiro atoms. The Hall–Kier alpha value is -0.935. The van der Waals surface area contributed by atoms with Crippen LogP contribution < -0.4 is 10.6 Å². The monoisotopic (exact) mass is 264 g/mol. The van der Waals surface area contributed by atoms with Gasteiger partial charge in [-0.25, -0.2) is 0 Å². The van der Waals surface area contributed by atoms with Gasteiger partial charge in [0.25, 0.3) is 0 Å². The fourth-order valence-corrected chi connectivity index (χ4v) is 2.48. The van der Waals surface area contributed by atoms with Crippen LogP contribution in [0.4, 0.5) is 0 Å². The van der Waals surface area contributed by atoms with Crippen molar-refractivity contribution in [1.29, 1.82) is 0 Å². The van der Waals surface area contributed by atoms with Crippen LogP contribution in [-0.4, -0.2) is 31.7 Å². The zero-order chi connectivity index (χ0) is 13.6. The molecule has 18 heavy (non-hydrogen) atoms. The summed E-state index contributed by atoms with van der Waals surface area (Å²) < 4.78 is 0. The van der Waals surface area contributed by atoms with Gasteiger partial charge in [-0.2, -0.15) is 0 Å². The predicted molar refractivity (Wildman–Crippen MR) is 82.2 cm³/mol. The molecule has 98 valence electrons. The normalized spacial score (nSPS) is 24.6. The summed E-state index contributed by atoms with van der Waals surface area (Å²) in [5.74, 6) is 0.757. The van der Waals surface area contributed by atoms with Gasteiger partial charge in [-0.05, 0) is 19.4 Å². The molecule has 1 saturated heterocycles. The molecule has 0 aliphatic carbocycles. The lowest BCUT2D eigenvalue weighted by Gasteiger charge is -2.20. The van der Waals surface area contributed by atoms with Crippen molar-refractivity contribution in [3.8, 4) is 0 Å². The van der Waals surface area contributed by atoms with Crippen molar-refractivity contribution in [3.63, 3.8) is 0 Å². The van der Waals surface area contributed by atoms with Crippen molar-refractivity contribution in [2.75, 3.05) is 12.4 Å². The largest absolute Gasteiger partial charge is 0.342 e. The van der Waals surface area contributed by atoms with Gasteiger partial charge in [0.1, 0.15) is 13.4 Å². The summed E-state index contributed by atoms with van der Waals surface area (Å²) in [7, 11) is 2.07. The lowest BCUT2D eigenvalue weighted by atomic mass is 9.94. The van der Waals surface area contributed by atoms with Crippen LogP contribution in [0.5, 0.6) is 0 Å². The lowest BCUT2D eigenvalue weighted by Crippen LogP contribution is -2.45. The van der Waals surface area contributed by atoms with Crippen LogP contribution in [0.3, 0.4) is 0 Å². The number of amides is 1. The van der Waals surface area contributed by atoms with E-state index in [0.29, 0.717) is 12.4 Å². The Morgan fingerprint density at radius 1 is 1.61 bits per heavy atom. The number of rotatable bonds is 6. The molecule has 1 rings (SSSR count). The van der Waals surface area contributed by atoms with Crippen LogP contribution in [0.1, 0.15) is 20.3 Å². The minimum atomic E-state index is -0.476. The highest BCUT2D eigenvalue weighted by Gasteiger charge is 2.36. The van der Waals surface area contributed by atoms with E-state index in [1.54, 1.807) is 11.8 Å². The van der Waals surface area contributed by atoms with Crippen molar-refractivity contribution >= 4 is 25.5 Å². The zero-order valence-electron chi connectivity index (χ0n) is 11.4. The molecule has 0 aromatic carbocycles. The third-order valence-electron chi connectivity index (χ3n) is 2.83. The fourth-order valence-electron chi connectivity index (χ4n) is 1.61. The Morgan fingerprint density at radius 2 is 2.33 bits per heavy atom. The van der Waals surface area contributed by atoms with E-state index in [2.05, 4.69) is 44.1 Å². The maximum absolute atomic E-state index is 11.6. The topological polar surface area (TPSA) is 41.1 Å². The molecule has 2 N–H and O–H groups in total. The highest BCUT2D eigenvalue weighted by Crippen LogP contribution is 2.22. The first-order valence-electron chi connectivity index (χ1n) is 6.18. The number of thioether (sulfide) groups is 1. The number of carbonyl (C=O) groups excluding carboxylic acids is 1. The Morgan fingerprint density at radius 3 is 2.89 bits per heavy atom. The van der Waals surface area contributed by atoms with Gasteiger partial charge in [0, 0.05) is 10.7 Å². The summed E-state index contributed by atoms with van der Waals surface area (Å²) in [5.41, 5.74) is 0.762. The van der Waals surface area contributed by atoms with E-state index in [0.717, 1.165) is 11.3 Å². The summed E-state index contributed by atoms with van der Waals surface area (Å²) in [6, 6.07) is 0. The summed E-state index contributed by atoms with van der Waals surface area (Å²) in [6.07, 6.45) is 7.27. The third-order valence-corrected chi connectivity index (χ3v) is 4.06. The average Bonchev–Trinajstić information content (AvgIpc) is 2.65. The second kappa shape index (κ2) is 6.85. The second-order valence-electron chi connectivity index (χ2n) is 4.64. The van der Waals surface area contributed by atoms with Crippen LogP contribution in [0.15, 0.2) is 35.2 Å². The molecule has 0 bridgehead atoms. The average molecular weight is 264 g/mol. The van der Waals surface area contributed by atoms with Crippen molar-refractivity contribution in [2.24, 2.45) is 0 Å². The fraction of sp³-hybridized carbons (Fsp3) is 0.462. The molecule has 1 amide bonds. The van der Waals surface area contributed by atoms with E-state index >= 15 is 0 Å². The van der Waals surface area contributed by atoms with Crippen molar-refractivity contribution < 1.29 is 4.79 Å². The molecule has 1 heterocycles. The molecular weight excluding hydrogens is 243 g/mol. The number of carbonyl (C=O) groups is 1. The Kier molecular flexibility index (Phi) is 5.76. The van der Waals surface area contributed by atoms with Crippen LogP contribution >= 0.6 is 11.8 Å². The molecular formula is C13H21BN2OS. The van der Waals surface area contributed by atoms with Gasteiger partial charge < -0.3 is 5.32 Å². The summed E-state index contributed by atoms with van der Waals surface area (Å²) in [6.45, 7) is 8.58. The zero-order valence-corrected chi connectivity index (χ0v) is 12.2. The quantitative estimate of drug-likeness (QED) is 0.558. The predicted octanol–water partition coefficient (Wildman–Crippen LogP) is 1.15. The first-order valence-corrected chi connectivity index (χ1v) is 7.16. The molecule has 0 aromatic rings. The van der Waals surface area contributed by atoms with Gasteiger partial charge in [0.05, 0.1) is 6.67 Å². The summed E-state index contributed by atoms with van der Waals surface area (Å²) >= 11 is 1.60. The highest BCUT2D eigenvalue weighted by molar-refractivity contribution is 8.03. The SMILES string of the molecule is BC(/C=C\C(=C)SCC1(C)NCNC1=O)=C/CC. The molecule has 5 heteroatoms. The summed E-state index contributed by atoms with van der Waals surface area (Å²) in [4.78, 5) is 12.6. The maximum atomic E-state index is 11.6. The van der Waals surface area contributed by atoms with E-state index < -0.39 is 5.54 Å². The molecule has 0 radical (unpaired) electrons. The van der Waals surface area contributed by atoms with Crippen LogP contribution in [0.2, 0.25) is 0 Å². The second-order valence-corrected chi connectivity index (χ2v) is 5.74. The molecule has 1 fully saturated rings. The Balaban J connectivity index is 2.42. The number of hydrogen-bond acceptors (Lipinski definition) is 3. The molecule has 1 unspecified atom stereocenters. The third kappa shape index (κ3) is 4.39. The molecule has 0 aromatic heterocycles. The van der Waals surface area contributed by atoms with Crippen LogP contribution in [-0.2, 0) is 4.79 Å². The minimum absolute atomic E-state index is 0.0637. The van der Waals surface area contributed by atoms with Gasteiger partial charge in [-0.3, -0.25) is 10.1 Å². The van der Waals surface area contributed by atoms with Crippen molar-refractivity contribution in [3.05, 3.63) is 35.2 Å². The van der Waals surface area contributed by atoms with E-state index in [9.17, 15) is 4.79 Å². The van der Waals surface area contributed by atoms with Gasteiger partial charge in [0.15, 0.2) is 0 Å². The van der Waals surface area contributed by atoms with E-state index in [1.807, 2.05) is 13.0 Å². The molecule has 1 atom stereocenters. The molecule has 3 nitrogen and oxygen atoms in total. The molecule has 0 saturated carbocycles. The maximum Gasteiger partial charge on any atom is 0.241 e. The Bertz CT molecular complexity index is 392. The van der Waals surface area contributed by atoms with Gasteiger partial charge in [-0.1, -0.05) is 31.1 Å². The molecule has 1 aliphatic heterocycles. The van der Waals surface area contributed by atoms with E-state index in [-0.39, 0.29) is 5.91 Å². The highest BCUT2D eigenvalue weighted by atomic mass is 32.2. The van der Waals surface area contributed by atoms with Gasteiger partial charge in [-0.15, -0.1) is 11.8 Å². The first kappa shape index (κ1) is 15.1. The molecule has 1 aliphatic rings. The van der Waals surface area contributed by atoms with Crippen molar-refractivity contribution in [2.45, 2.75) is 25.8 Å². The van der Waals surface area contributed by atoms with E-state index in [4.69, 9.17) is 0 Å². The van der Waals surface area contributed by atoms with E-state index in [1.165, 1.54) is 5.47 Å². The van der Waals surface area contributed by atoms with Gasteiger partial charge >= 0.3 is 0 Å². The summed E-state index contributed by atoms with van der Waals surface area (Å²) in [5, 5.41) is 5.95. The first-order chi connectivity index (χ1) is 8.48. The van der Waals surface area contributed by atoms with Crippen molar-refractivity contribution in [1.82, 2.24) is 10.6 Å². The smallest absolute Gasteiger partial charge is 0.241 e. The van der Waals surface area contributed by atoms with Crippen LogP contribution in [0, 0.1) is 0 Å².